The third kappa shape index (κ3) is 5.11. The Hall–Kier alpha value is -4.07. The number of carbonyl (C=O) groups is 2. The van der Waals surface area contributed by atoms with Crippen LogP contribution >= 0.6 is 0 Å². The molecule has 1 atom stereocenters. The van der Waals surface area contributed by atoms with Crippen molar-refractivity contribution in [2.75, 3.05) is 5.32 Å². The van der Waals surface area contributed by atoms with E-state index in [1.54, 1.807) is 19.1 Å². The van der Waals surface area contributed by atoms with Crippen LogP contribution in [0.15, 0.2) is 65.6 Å². The topological polar surface area (TPSA) is 121 Å². The monoisotopic (exact) mass is 421 g/mol. The SMILES string of the molecule is Cc1cn(C)c(=O)c(NC(=O)N[C@@H](CC(=O)O)c2cccc(-c3ccccc3)c2)c1O. The van der Waals surface area contributed by atoms with Crippen LogP contribution in [0.5, 0.6) is 5.75 Å². The van der Waals surface area contributed by atoms with Gasteiger partial charge in [-0.1, -0.05) is 48.5 Å². The van der Waals surface area contributed by atoms with Crippen molar-refractivity contribution < 1.29 is 19.8 Å². The number of anilines is 1. The van der Waals surface area contributed by atoms with Crippen molar-refractivity contribution in [2.24, 2.45) is 7.05 Å². The van der Waals surface area contributed by atoms with Crippen LogP contribution in [0.1, 0.15) is 23.6 Å². The predicted octanol–water partition coefficient (Wildman–Crippen LogP) is 3.40. The first-order chi connectivity index (χ1) is 14.8. The lowest BCUT2D eigenvalue weighted by Crippen LogP contribution is -2.36. The van der Waals surface area contributed by atoms with Crippen molar-refractivity contribution in [2.45, 2.75) is 19.4 Å². The van der Waals surface area contributed by atoms with Gasteiger partial charge in [0, 0.05) is 18.8 Å². The molecule has 8 heteroatoms. The average molecular weight is 421 g/mol. The number of carboxylic acids is 1. The first-order valence-electron chi connectivity index (χ1n) is 9.60. The van der Waals surface area contributed by atoms with E-state index in [1.807, 2.05) is 42.5 Å². The van der Waals surface area contributed by atoms with Gasteiger partial charge in [0.2, 0.25) is 0 Å². The maximum absolute atomic E-state index is 12.6. The molecule has 0 spiro atoms. The van der Waals surface area contributed by atoms with E-state index in [0.29, 0.717) is 11.1 Å². The number of nitrogens with zero attached hydrogens (tertiary/aromatic N) is 1. The fraction of sp³-hybridized carbons (Fsp3) is 0.174. The Morgan fingerprint density at radius 3 is 2.42 bits per heavy atom. The Labute approximate surface area is 178 Å². The molecule has 0 bridgehead atoms. The lowest BCUT2D eigenvalue weighted by molar-refractivity contribution is -0.137. The highest BCUT2D eigenvalue weighted by molar-refractivity contribution is 5.91. The number of aliphatic carboxylic acids is 1. The summed E-state index contributed by atoms with van der Waals surface area (Å²) in [5.41, 5.74) is 1.98. The lowest BCUT2D eigenvalue weighted by Gasteiger charge is -2.19. The number of benzene rings is 2. The molecule has 0 fully saturated rings. The highest BCUT2D eigenvalue weighted by Gasteiger charge is 2.21. The minimum Gasteiger partial charge on any atom is -0.505 e. The summed E-state index contributed by atoms with van der Waals surface area (Å²) in [6.07, 6.45) is 1.09. The van der Waals surface area contributed by atoms with Crippen LogP contribution < -0.4 is 16.2 Å². The number of urea groups is 1. The Morgan fingerprint density at radius 1 is 1.06 bits per heavy atom. The summed E-state index contributed by atoms with van der Waals surface area (Å²) in [7, 11) is 1.50. The Balaban J connectivity index is 1.87. The molecule has 0 aliphatic rings. The second-order valence-electron chi connectivity index (χ2n) is 7.19. The van der Waals surface area contributed by atoms with Gasteiger partial charge in [-0.2, -0.15) is 0 Å². The van der Waals surface area contributed by atoms with Gasteiger partial charge in [0.15, 0.2) is 5.69 Å². The first-order valence-corrected chi connectivity index (χ1v) is 9.60. The normalized spacial score (nSPS) is 11.5. The molecular formula is C23H23N3O5. The maximum atomic E-state index is 12.6. The van der Waals surface area contributed by atoms with E-state index in [9.17, 15) is 24.6 Å². The number of aryl methyl sites for hydroxylation is 2. The van der Waals surface area contributed by atoms with Crippen LogP contribution in [0.4, 0.5) is 10.5 Å². The van der Waals surface area contributed by atoms with Crippen LogP contribution in [-0.2, 0) is 11.8 Å². The van der Waals surface area contributed by atoms with Gasteiger partial charge in [-0.15, -0.1) is 0 Å². The molecule has 1 heterocycles. The molecule has 3 rings (SSSR count). The second-order valence-corrected chi connectivity index (χ2v) is 7.19. The Morgan fingerprint density at radius 2 is 1.74 bits per heavy atom. The van der Waals surface area contributed by atoms with Crippen molar-refractivity contribution in [3.8, 4) is 16.9 Å². The van der Waals surface area contributed by atoms with Gasteiger partial charge >= 0.3 is 12.0 Å². The molecule has 3 aromatic rings. The molecule has 0 saturated heterocycles. The standard InChI is InChI=1S/C23H23N3O5/c1-14-13-26(2)22(30)20(21(14)29)25-23(31)24-18(12-19(27)28)17-10-6-9-16(11-17)15-7-4-3-5-8-15/h3-11,13,18,29H,12H2,1-2H3,(H,27,28)(H2,24,25,31)/t18-/m0/s1. The van der Waals surface area contributed by atoms with E-state index < -0.39 is 23.6 Å². The van der Waals surface area contributed by atoms with Crippen LogP contribution in [-0.4, -0.2) is 26.8 Å². The van der Waals surface area contributed by atoms with Gasteiger partial charge in [0.05, 0.1) is 12.5 Å². The summed E-state index contributed by atoms with van der Waals surface area (Å²) in [6, 6.07) is 15.1. The summed E-state index contributed by atoms with van der Waals surface area (Å²) in [5.74, 6) is -1.43. The number of pyridine rings is 1. The minimum absolute atomic E-state index is 0.271. The van der Waals surface area contributed by atoms with E-state index >= 15 is 0 Å². The van der Waals surface area contributed by atoms with Crippen molar-refractivity contribution in [3.05, 3.63) is 82.3 Å². The Bertz CT molecular complexity index is 1170. The molecule has 0 radical (unpaired) electrons. The highest BCUT2D eigenvalue weighted by atomic mass is 16.4. The van der Waals surface area contributed by atoms with Gasteiger partial charge in [-0.3, -0.25) is 9.59 Å². The number of carboxylic acid groups (broad SMARTS) is 1. The zero-order valence-electron chi connectivity index (χ0n) is 17.1. The number of nitrogens with one attached hydrogen (secondary N) is 2. The number of rotatable bonds is 6. The zero-order valence-corrected chi connectivity index (χ0v) is 17.1. The van der Waals surface area contributed by atoms with Gasteiger partial charge in [-0.05, 0) is 29.7 Å². The van der Waals surface area contributed by atoms with Gasteiger partial charge < -0.3 is 25.4 Å². The molecule has 160 valence electrons. The second kappa shape index (κ2) is 9.17. The van der Waals surface area contributed by atoms with E-state index in [0.717, 1.165) is 11.1 Å². The molecule has 2 aromatic carbocycles. The number of hydrogen-bond donors (Lipinski definition) is 4. The van der Waals surface area contributed by atoms with Crippen molar-refractivity contribution >= 4 is 17.7 Å². The van der Waals surface area contributed by atoms with Crippen molar-refractivity contribution in [1.82, 2.24) is 9.88 Å². The van der Waals surface area contributed by atoms with E-state index in [-0.39, 0.29) is 17.9 Å². The predicted molar refractivity (Wildman–Crippen MR) is 117 cm³/mol. The fourth-order valence-electron chi connectivity index (χ4n) is 3.30. The minimum atomic E-state index is -1.09. The summed E-state index contributed by atoms with van der Waals surface area (Å²) in [5, 5.41) is 24.4. The summed E-state index contributed by atoms with van der Waals surface area (Å²) < 4.78 is 1.24. The first kappa shape index (κ1) is 21.6. The van der Waals surface area contributed by atoms with Crippen LogP contribution in [0.2, 0.25) is 0 Å². The third-order valence-electron chi connectivity index (χ3n) is 4.85. The third-order valence-corrected chi connectivity index (χ3v) is 4.85. The molecular weight excluding hydrogens is 398 g/mol. The fourth-order valence-corrected chi connectivity index (χ4v) is 3.30. The number of carbonyl (C=O) groups excluding carboxylic acids is 1. The molecule has 0 unspecified atom stereocenters. The number of aromatic nitrogens is 1. The van der Waals surface area contributed by atoms with Crippen molar-refractivity contribution in [1.29, 1.82) is 0 Å². The lowest BCUT2D eigenvalue weighted by atomic mass is 9.98. The summed E-state index contributed by atoms with van der Waals surface area (Å²) >= 11 is 0. The molecule has 1 aromatic heterocycles. The van der Waals surface area contributed by atoms with Gasteiger partial charge in [-0.25, -0.2) is 4.79 Å². The number of amides is 2. The maximum Gasteiger partial charge on any atom is 0.319 e. The molecule has 0 aliphatic carbocycles. The van der Waals surface area contributed by atoms with Crippen LogP contribution in [0.3, 0.4) is 0 Å². The molecule has 31 heavy (non-hydrogen) atoms. The Kier molecular flexibility index (Phi) is 6.40. The highest BCUT2D eigenvalue weighted by Crippen LogP contribution is 2.26. The molecule has 0 aliphatic heterocycles. The molecule has 4 N–H and O–H groups in total. The van der Waals surface area contributed by atoms with Crippen molar-refractivity contribution in [3.63, 3.8) is 0 Å². The zero-order chi connectivity index (χ0) is 22.5. The quantitative estimate of drug-likeness (QED) is 0.486. The van der Waals surface area contributed by atoms with E-state index in [4.69, 9.17) is 0 Å². The van der Waals surface area contributed by atoms with E-state index in [2.05, 4.69) is 10.6 Å². The molecule has 2 amide bonds. The average Bonchev–Trinajstić information content (AvgIpc) is 2.75. The van der Waals surface area contributed by atoms with Gasteiger partial charge in [0.25, 0.3) is 5.56 Å². The summed E-state index contributed by atoms with van der Waals surface area (Å²) in [4.78, 5) is 36.3. The summed E-state index contributed by atoms with van der Waals surface area (Å²) in [6.45, 7) is 1.60. The number of aromatic hydroxyl groups is 1. The van der Waals surface area contributed by atoms with Crippen LogP contribution in [0, 0.1) is 6.92 Å². The van der Waals surface area contributed by atoms with Crippen LogP contribution in [0.25, 0.3) is 11.1 Å². The smallest absolute Gasteiger partial charge is 0.319 e. The number of hydrogen-bond acceptors (Lipinski definition) is 4. The largest absolute Gasteiger partial charge is 0.505 e. The van der Waals surface area contributed by atoms with Gasteiger partial charge in [0.1, 0.15) is 5.75 Å². The molecule has 0 saturated carbocycles. The van der Waals surface area contributed by atoms with E-state index in [1.165, 1.54) is 17.8 Å². The molecule has 8 nitrogen and oxygen atoms in total.